The van der Waals surface area contributed by atoms with E-state index < -0.39 is 10.7 Å². The number of allylic oxidation sites excluding steroid dienone is 4. The van der Waals surface area contributed by atoms with Gasteiger partial charge in [0, 0.05) is 6.20 Å². The van der Waals surface area contributed by atoms with Crippen molar-refractivity contribution in [2.45, 2.75) is 18.2 Å². The fraction of sp³-hybridized carbons (Fsp3) is 0.273. The molecule has 6 heteroatoms. The van der Waals surface area contributed by atoms with Crippen LogP contribution in [0.1, 0.15) is 19.0 Å². The van der Waals surface area contributed by atoms with Crippen LogP contribution in [0, 0.1) is 0 Å². The van der Waals surface area contributed by atoms with Crippen LogP contribution < -0.4 is 5.73 Å². The molecular formula is C11H10Cl2FN3. The van der Waals surface area contributed by atoms with Crippen LogP contribution in [0.5, 0.6) is 0 Å². The number of aromatic nitrogens is 2. The van der Waals surface area contributed by atoms with Gasteiger partial charge < -0.3 is 5.73 Å². The smallest absolute Gasteiger partial charge is 0.220 e. The molecule has 0 aliphatic heterocycles. The van der Waals surface area contributed by atoms with Crippen molar-refractivity contribution in [2.24, 2.45) is 0 Å². The Hall–Kier alpha value is -1.13. The van der Waals surface area contributed by atoms with Gasteiger partial charge in [-0.1, -0.05) is 17.7 Å². The highest BCUT2D eigenvalue weighted by Gasteiger charge is 2.40. The number of anilines is 1. The molecule has 0 fully saturated rings. The van der Waals surface area contributed by atoms with E-state index in [1.807, 2.05) is 0 Å². The first-order valence-electron chi connectivity index (χ1n) is 4.96. The highest BCUT2D eigenvalue weighted by atomic mass is 35.5. The van der Waals surface area contributed by atoms with E-state index in [1.54, 1.807) is 13.0 Å². The molecule has 0 radical (unpaired) electrons. The molecule has 0 amide bonds. The minimum absolute atomic E-state index is 0.0310. The Morgan fingerprint density at radius 1 is 1.53 bits per heavy atom. The fourth-order valence-corrected chi connectivity index (χ4v) is 2.20. The van der Waals surface area contributed by atoms with Crippen molar-refractivity contribution in [2.75, 3.05) is 5.73 Å². The molecule has 1 aromatic heterocycles. The average Bonchev–Trinajstić information content (AvgIpc) is 2.32. The van der Waals surface area contributed by atoms with Crippen LogP contribution in [0.25, 0.3) is 0 Å². The van der Waals surface area contributed by atoms with E-state index in [1.165, 1.54) is 12.3 Å². The van der Waals surface area contributed by atoms with Gasteiger partial charge in [0.1, 0.15) is 10.7 Å². The summed E-state index contributed by atoms with van der Waals surface area (Å²) < 4.78 is 14.2. The van der Waals surface area contributed by atoms with Crippen LogP contribution in [0.2, 0.25) is 0 Å². The highest BCUT2D eigenvalue weighted by Crippen LogP contribution is 2.47. The second-order valence-electron chi connectivity index (χ2n) is 3.82. The largest absolute Gasteiger partial charge is 0.368 e. The second kappa shape index (κ2) is 4.27. The normalized spacial score (nSPS) is 24.8. The number of halogens is 3. The van der Waals surface area contributed by atoms with Crippen molar-refractivity contribution in [1.29, 1.82) is 0 Å². The third kappa shape index (κ3) is 2.03. The van der Waals surface area contributed by atoms with Gasteiger partial charge in [0.25, 0.3) is 0 Å². The number of hydrogen-bond acceptors (Lipinski definition) is 3. The van der Waals surface area contributed by atoms with E-state index in [-0.39, 0.29) is 17.4 Å². The predicted octanol–water partition coefficient (Wildman–Crippen LogP) is 3.26. The van der Waals surface area contributed by atoms with Gasteiger partial charge in [-0.15, -0.1) is 11.6 Å². The van der Waals surface area contributed by atoms with Crippen LogP contribution in [-0.4, -0.2) is 9.97 Å². The number of alkyl halides is 1. The quantitative estimate of drug-likeness (QED) is 0.799. The average molecular weight is 274 g/mol. The minimum atomic E-state index is -1.38. The Morgan fingerprint density at radius 2 is 2.24 bits per heavy atom. The first-order valence-corrected chi connectivity index (χ1v) is 5.71. The maximum atomic E-state index is 14.2. The van der Waals surface area contributed by atoms with E-state index in [0.29, 0.717) is 11.3 Å². The molecule has 1 heterocycles. The van der Waals surface area contributed by atoms with Crippen molar-refractivity contribution in [3.63, 3.8) is 0 Å². The number of nitrogen functional groups attached to an aromatic ring is 1. The van der Waals surface area contributed by atoms with Crippen molar-refractivity contribution in [3.8, 4) is 0 Å². The molecule has 17 heavy (non-hydrogen) atoms. The van der Waals surface area contributed by atoms with Crippen LogP contribution in [0.3, 0.4) is 0 Å². The van der Waals surface area contributed by atoms with E-state index in [9.17, 15) is 4.39 Å². The van der Waals surface area contributed by atoms with Gasteiger partial charge in [-0.3, -0.25) is 0 Å². The van der Waals surface area contributed by atoms with Gasteiger partial charge in [0.05, 0.1) is 10.7 Å². The molecule has 90 valence electrons. The van der Waals surface area contributed by atoms with Gasteiger partial charge in [0.2, 0.25) is 5.95 Å². The van der Waals surface area contributed by atoms with Gasteiger partial charge in [-0.25, -0.2) is 14.4 Å². The van der Waals surface area contributed by atoms with Crippen molar-refractivity contribution >= 4 is 29.2 Å². The molecule has 3 nitrogen and oxygen atoms in total. The second-order valence-corrected chi connectivity index (χ2v) is 4.84. The summed E-state index contributed by atoms with van der Waals surface area (Å²) >= 11 is 12.1. The zero-order valence-corrected chi connectivity index (χ0v) is 10.6. The van der Waals surface area contributed by atoms with Gasteiger partial charge >= 0.3 is 0 Å². The van der Waals surface area contributed by atoms with Crippen LogP contribution in [0.15, 0.2) is 34.8 Å². The van der Waals surface area contributed by atoms with E-state index in [0.717, 1.165) is 0 Å². The Labute approximate surface area is 108 Å². The van der Waals surface area contributed by atoms with Crippen LogP contribution in [-0.2, 0) is 4.87 Å². The van der Waals surface area contributed by atoms with Gasteiger partial charge in [-0.2, -0.15) is 0 Å². The zero-order chi connectivity index (χ0) is 12.6. The zero-order valence-electron chi connectivity index (χ0n) is 9.04. The molecule has 0 bridgehead atoms. The van der Waals surface area contributed by atoms with Crippen molar-refractivity contribution < 1.29 is 4.39 Å². The third-order valence-corrected chi connectivity index (χ3v) is 3.63. The van der Waals surface area contributed by atoms with Gasteiger partial charge in [-0.05, 0) is 25.0 Å². The Kier molecular flexibility index (Phi) is 3.10. The molecule has 1 atom stereocenters. The molecule has 0 aromatic carbocycles. The Bertz CT molecular complexity index is 527. The first-order chi connectivity index (χ1) is 7.95. The molecular weight excluding hydrogens is 264 g/mol. The number of nitrogens with two attached hydrogens (primary N) is 1. The maximum Gasteiger partial charge on any atom is 0.220 e. The summed E-state index contributed by atoms with van der Waals surface area (Å²) in [6.45, 7) is 1.73. The van der Waals surface area contributed by atoms with Crippen LogP contribution in [0.4, 0.5) is 10.3 Å². The molecule has 1 aliphatic carbocycles. The Balaban J connectivity index is 2.53. The summed E-state index contributed by atoms with van der Waals surface area (Å²) in [4.78, 5) is 6.32. The predicted molar refractivity (Wildman–Crippen MR) is 66.3 cm³/mol. The molecule has 0 saturated carbocycles. The van der Waals surface area contributed by atoms with E-state index >= 15 is 0 Å². The van der Waals surface area contributed by atoms with E-state index in [4.69, 9.17) is 28.9 Å². The summed E-state index contributed by atoms with van der Waals surface area (Å²) in [5.74, 6) is -0.545. The lowest BCUT2D eigenvalue weighted by Crippen LogP contribution is -2.24. The topological polar surface area (TPSA) is 51.8 Å². The number of rotatable bonds is 1. The molecule has 2 N–H and O–H groups in total. The number of hydrogen-bond donors (Lipinski definition) is 1. The summed E-state index contributed by atoms with van der Waals surface area (Å²) in [5, 5.41) is 0.0310. The van der Waals surface area contributed by atoms with Crippen molar-refractivity contribution in [3.05, 3.63) is 40.5 Å². The third-order valence-electron chi connectivity index (χ3n) is 2.66. The summed E-state index contributed by atoms with van der Waals surface area (Å²) in [6.07, 6.45) is 3.49. The first kappa shape index (κ1) is 12.3. The summed E-state index contributed by atoms with van der Waals surface area (Å²) in [5.41, 5.74) is 6.44. The van der Waals surface area contributed by atoms with Crippen molar-refractivity contribution in [1.82, 2.24) is 9.97 Å². The Morgan fingerprint density at radius 3 is 2.88 bits per heavy atom. The minimum Gasteiger partial charge on any atom is -0.368 e. The van der Waals surface area contributed by atoms with Crippen LogP contribution >= 0.6 is 23.2 Å². The molecule has 1 aromatic rings. The van der Waals surface area contributed by atoms with Gasteiger partial charge in [0.15, 0.2) is 0 Å². The fourth-order valence-electron chi connectivity index (χ4n) is 1.63. The lowest BCUT2D eigenvalue weighted by atomic mass is 9.91. The standard InChI is InChI=1S/C11H10Cl2FN3/c1-6-2-4-11(13,9(14)8(6)12)7-3-5-16-10(15)17-7/h2-3,5H,4H2,1H3,(H2,15,16,17). The summed E-state index contributed by atoms with van der Waals surface area (Å²) in [7, 11) is 0. The highest BCUT2D eigenvalue weighted by molar-refractivity contribution is 6.34. The summed E-state index contributed by atoms with van der Waals surface area (Å²) in [6, 6.07) is 1.53. The van der Waals surface area contributed by atoms with E-state index in [2.05, 4.69) is 9.97 Å². The molecule has 0 saturated heterocycles. The molecule has 1 unspecified atom stereocenters. The lowest BCUT2D eigenvalue weighted by molar-refractivity contribution is 0.490. The molecule has 0 spiro atoms. The number of nitrogens with zero attached hydrogens (tertiary/aromatic N) is 2. The lowest BCUT2D eigenvalue weighted by Gasteiger charge is -2.28. The molecule has 2 rings (SSSR count). The monoisotopic (exact) mass is 273 g/mol. The maximum absolute atomic E-state index is 14.2. The SMILES string of the molecule is CC1=CCC(Cl)(c2ccnc(N)n2)C(F)=C1Cl. The molecule has 1 aliphatic rings.